The second-order valence-electron chi connectivity index (χ2n) is 2.96. The van der Waals surface area contributed by atoms with Gasteiger partial charge < -0.3 is 10.4 Å². The zero-order valence-corrected chi connectivity index (χ0v) is 6.07. The zero-order valence-electron chi connectivity index (χ0n) is 6.07. The SMILES string of the molecule is O[C@]1(CF)CCCNCC1. The Labute approximate surface area is 60.4 Å². The molecule has 60 valence electrons. The quantitative estimate of drug-likeness (QED) is 0.564. The summed E-state index contributed by atoms with van der Waals surface area (Å²) in [4.78, 5) is 0. The average molecular weight is 147 g/mol. The summed E-state index contributed by atoms with van der Waals surface area (Å²) in [5.74, 6) is 0. The first-order valence-corrected chi connectivity index (χ1v) is 3.76. The normalized spacial score (nSPS) is 35.4. The fourth-order valence-corrected chi connectivity index (χ4v) is 1.25. The van der Waals surface area contributed by atoms with Gasteiger partial charge in [0.05, 0.1) is 5.60 Å². The van der Waals surface area contributed by atoms with Crippen LogP contribution in [-0.4, -0.2) is 30.5 Å². The Balaban J connectivity index is 2.41. The second-order valence-corrected chi connectivity index (χ2v) is 2.96. The molecule has 2 N–H and O–H groups in total. The van der Waals surface area contributed by atoms with Crippen LogP contribution in [0.15, 0.2) is 0 Å². The summed E-state index contributed by atoms with van der Waals surface area (Å²) in [5.41, 5.74) is -1.02. The van der Waals surface area contributed by atoms with Crippen molar-refractivity contribution in [3.63, 3.8) is 0 Å². The summed E-state index contributed by atoms with van der Waals surface area (Å²) in [6, 6.07) is 0. The van der Waals surface area contributed by atoms with Gasteiger partial charge in [0, 0.05) is 0 Å². The van der Waals surface area contributed by atoms with E-state index in [4.69, 9.17) is 0 Å². The Bertz CT molecular complexity index is 99.8. The Hall–Kier alpha value is -0.150. The summed E-state index contributed by atoms with van der Waals surface area (Å²) in [5, 5.41) is 12.6. The van der Waals surface area contributed by atoms with Crippen molar-refractivity contribution in [3.8, 4) is 0 Å². The second kappa shape index (κ2) is 3.30. The topological polar surface area (TPSA) is 32.3 Å². The van der Waals surface area contributed by atoms with E-state index < -0.39 is 12.3 Å². The third-order valence-electron chi connectivity index (χ3n) is 2.01. The molecule has 0 saturated carbocycles. The van der Waals surface area contributed by atoms with Crippen LogP contribution in [0.4, 0.5) is 4.39 Å². The van der Waals surface area contributed by atoms with Gasteiger partial charge in [-0.25, -0.2) is 4.39 Å². The third-order valence-corrected chi connectivity index (χ3v) is 2.01. The Kier molecular flexibility index (Phi) is 2.63. The number of hydrogen-bond donors (Lipinski definition) is 2. The summed E-state index contributed by atoms with van der Waals surface area (Å²) >= 11 is 0. The lowest BCUT2D eigenvalue weighted by molar-refractivity contribution is 0.00452. The predicted molar refractivity (Wildman–Crippen MR) is 37.6 cm³/mol. The number of rotatable bonds is 1. The van der Waals surface area contributed by atoms with Gasteiger partial charge in [0.25, 0.3) is 0 Å². The van der Waals surface area contributed by atoms with Crippen molar-refractivity contribution >= 4 is 0 Å². The number of halogens is 1. The molecule has 0 spiro atoms. The molecule has 1 rings (SSSR count). The van der Waals surface area contributed by atoms with E-state index in [2.05, 4.69) is 5.32 Å². The monoisotopic (exact) mass is 147 g/mol. The van der Waals surface area contributed by atoms with Gasteiger partial charge >= 0.3 is 0 Å². The molecular formula is C7H14FNO. The van der Waals surface area contributed by atoms with E-state index in [9.17, 15) is 9.50 Å². The van der Waals surface area contributed by atoms with Crippen molar-refractivity contribution in [3.05, 3.63) is 0 Å². The van der Waals surface area contributed by atoms with Crippen LogP contribution in [0.2, 0.25) is 0 Å². The van der Waals surface area contributed by atoms with E-state index in [-0.39, 0.29) is 0 Å². The highest BCUT2D eigenvalue weighted by atomic mass is 19.1. The highest BCUT2D eigenvalue weighted by Crippen LogP contribution is 2.19. The summed E-state index contributed by atoms with van der Waals surface area (Å²) in [6.45, 7) is 1.04. The van der Waals surface area contributed by atoms with Gasteiger partial charge in [0.2, 0.25) is 0 Å². The van der Waals surface area contributed by atoms with Crippen LogP contribution in [0, 0.1) is 0 Å². The number of alkyl halides is 1. The summed E-state index contributed by atoms with van der Waals surface area (Å²) < 4.78 is 12.2. The third kappa shape index (κ3) is 1.92. The van der Waals surface area contributed by atoms with Crippen LogP contribution >= 0.6 is 0 Å². The van der Waals surface area contributed by atoms with Gasteiger partial charge in [-0.3, -0.25) is 0 Å². The number of nitrogens with one attached hydrogen (secondary N) is 1. The van der Waals surface area contributed by atoms with Gasteiger partial charge in [-0.2, -0.15) is 0 Å². The zero-order chi connectivity index (χ0) is 7.45. The molecule has 1 saturated heterocycles. The first-order valence-electron chi connectivity index (χ1n) is 3.76. The lowest BCUT2D eigenvalue weighted by atomic mass is 9.97. The molecule has 0 amide bonds. The van der Waals surface area contributed by atoms with E-state index in [1.165, 1.54) is 0 Å². The Morgan fingerprint density at radius 3 is 2.90 bits per heavy atom. The van der Waals surface area contributed by atoms with Crippen molar-refractivity contribution < 1.29 is 9.50 Å². The maximum atomic E-state index is 12.2. The van der Waals surface area contributed by atoms with Crippen LogP contribution in [-0.2, 0) is 0 Å². The van der Waals surface area contributed by atoms with Gasteiger partial charge in [0.15, 0.2) is 0 Å². The van der Waals surface area contributed by atoms with Crippen molar-refractivity contribution in [2.75, 3.05) is 19.8 Å². The first kappa shape index (κ1) is 7.95. The molecule has 0 bridgehead atoms. The van der Waals surface area contributed by atoms with Gasteiger partial charge in [-0.15, -0.1) is 0 Å². The smallest absolute Gasteiger partial charge is 0.118 e. The molecule has 1 atom stereocenters. The highest BCUT2D eigenvalue weighted by Gasteiger charge is 2.27. The van der Waals surface area contributed by atoms with Crippen LogP contribution in [0.1, 0.15) is 19.3 Å². The molecule has 0 unspecified atom stereocenters. The standard InChI is InChI=1S/C7H14FNO/c8-6-7(10)2-1-4-9-5-3-7/h9-10H,1-6H2/t7-/m1/s1. The van der Waals surface area contributed by atoms with Gasteiger partial charge in [-0.1, -0.05) is 0 Å². The molecule has 0 aromatic heterocycles. The van der Waals surface area contributed by atoms with Crippen LogP contribution in [0.5, 0.6) is 0 Å². The molecule has 1 fully saturated rings. The van der Waals surface area contributed by atoms with Crippen molar-refractivity contribution in [1.82, 2.24) is 5.32 Å². The van der Waals surface area contributed by atoms with Crippen molar-refractivity contribution in [1.29, 1.82) is 0 Å². The van der Waals surface area contributed by atoms with E-state index >= 15 is 0 Å². The fraction of sp³-hybridized carbons (Fsp3) is 1.00. The van der Waals surface area contributed by atoms with Crippen molar-refractivity contribution in [2.24, 2.45) is 0 Å². The van der Waals surface area contributed by atoms with Gasteiger partial charge in [0.1, 0.15) is 6.67 Å². The molecule has 10 heavy (non-hydrogen) atoms. The maximum absolute atomic E-state index is 12.2. The highest BCUT2D eigenvalue weighted by molar-refractivity contribution is 4.81. The molecule has 0 aliphatic carbocycles. The Morgan fingerprint density at radius 1 is 1.40 bits per heavy atom. The lowest BCUT2D eigenvalue weighted by Gasteiger charge is -2.21. The lowest BCUT2D eigenvalue weighted by Crippen LogP contribution is -2.32. The van der Waals surface area contributed by atoms with Gasteiger partial charge in [-0.05, 0) is 32.4 Å². The maximum Gasteiger partial charge on any atom is 0.118 e. The van der Waals surface area contributed by atoms with E-state index in [0.29, 0.717) is 12.8 Å². The van der Waals surface area contributed by atoms with Crippen LogP contribution < -0.4 is 5.32 Å². The molecule has 0 aromatic carbocycles. The molecule has 3 heteroatoms. The molecule has 1 aliphatic rings. The first-order chi connectivity index (χ1) is 4.77. The van der Waals surface area contributed by atoms with E-state index in [0.717, 1.165) is 19.5 Å². The largest absolute Gasteiger partial charge is 0.387 e. The minimum atomic E-state index is -1.02. The fourth-order valence-electron chi connectivity index (χ4n) is 1.25. The molecular weight excluding hydrogens is 133 g/mol. The molecule has 1 aliphatic heterocycles. The average Bonchev–Trinajstić information content (AvgIpc) is 2.15. The molecule has 1 heterocycles. The predicted octanol–water partition coefficient (Wildman–Crippen LogP) is 0.461. The van der Waals surface area contributed by atoms with Crippen LogP contribution in [0.25, 0.3) is 0 Å². The molecule has 0 radical (unpaired) electrons. The number of aliphatic hydroxyl groups is 1. The van der Waals surface area contributed by atoms with E-state index in [1.54, 1.807) is 0 Å². The number of hydrogen-bond acceptors (Lipinski definition) is 2. The minimum absolute atomic E-state index is 0.545. The van der Waals surface area contributed by atoms with Crippen molar-refractivity contribution in [2.45, 2.75) is 24.9 Å². The summed E-state index contributed by atoms with van der Waals surface area (Å²) in [7, 11) is 0. The van der Waals surface area contributed by atoms with E-state index in [1.807, 2.05) is 0 Å². The molecule has 2 nitrogen and oxygen atoms in total. The summed E-state index contributed by atoms with van der Waals surface area (Å²) in [6.07, 6.45) is 2.01. The Morgan fingerprint density at radius 2 is 2.20 bits per heavy atom. The molecule has 0 aromatic rings. The minimum Gasteiger partial charge on any atom is -0.387 e. The van der Waals surface area contributed by atoms with Crippen LogP contribution in [0.3, 0.4) is 0 Å².